The van der Waals surface area contributed by atoms with E-state index in [4.69, 9.17) is 0 Å². The van der Waals surface area contributed by atoms with E-state index >= 15 is 0 Å². The third kappa shape index (κ3) is 3.46. The number of carboxylic acid groups (broad SMARTS) is 1. The summed E-state index contributed by atoms with van der Waals surface area (Å²) in [6.07, 6.45) is 4.71. The van der Waals surface area contributed by atoms with E-state index in [0.29, 0.717) is 11.1 Å². The van der Waals surface area contributed by atoms with E-state index in [2.05, 4.69) is 0 Å². The fourth-order valence-electron chi connectivity index (χ4n) is 2.93. The Hall–Kier alpha value is -2.73. The first-order valence-electron chi connectivity index (χ1n) is 7.93. The second-order valence-electron chi connectivity index (χ2n) is 6.29. The number of hydrogen-bond donors (Lipinski definition) is 1. The molecule has 0 fully saturated rings. The van der Waals surface area contributed by atoms with Crippen molar-refractivity contribution in [1.29, 1.82) is 0 Å². The number of sulfone groups is 1. The van der Waals surface area contributed by atoms with Crippen LogP contribution in [0, 0.1) is 11.7 Å². The van der Waals surface area contributed by atoms with Crippen molar-refractivity contribution in [3.63, 3.8) is 0 Å². The van der Waals surface area contributed by atoms with Crippen LogP contribution in [0.5, 0.6) is 0 Å². The second kappa shape index (κ2) is 6.53. The monoisotopic (exact) mass is 372 g/mol. The van der Waals surface area contributed by atoms with Crippen LogP contribution in [0.4, 0.5) is 4.39 Å². The first kappa shape index (κ1) is 18.1. The molecule has 1 unspecified atom stereocenters. The summed E-state index contributed by atoms with van der Waals surface area (Å²) < 4.78 is 36.8. The lowest BCUT2D eigenvalue weighted by molar-refractivity contribution is -0.139. The van der Waals surface area contributed by atoms with Gasteiger partial charge in [-0.25, -0.2) is 12.8 Å². The van der Waals surface area contributed by atoms with Crippen LogP contribution in [-0.2, 0) is 14.6 Å². The minimum Gasteiger partial charge on any atom is -0.481 e. The Morgan fingerprint density at radius 1 is 1.12 bits per heavy atom. The Morgan fingerprint density at radius 3 is 2.35 bits per heavy atom. The molecule has 0 spiro atoms. The second-order valence-corrected chi connectivity index (χ2v) is 8.31. The van der Waals surface area contributed by atoms with Gasteiger partial charge in [0.1, 0.15) is 5.82 Å². The maximum Gasteiger partial charge on any atom is 0.310 e. The number of hydrogen-bond acceptors (Lipinski definition) is 3. The van der Waals surface area contributed by atoms with Crippen molar-refractivity contribution in [2.75, 3.05) is 6.26 Å². The van der Waals surface area contributed by atoms with Gasteiger partial charge >= 0.3 is 5.97 Å². The number of aliphatic carboxylic acids is 1. The number of carboxylic acids is 1. The van der Waals surface area contributed by atoms with E-state index in [0.717, 1.165) is 23.0 Å². The molecule has 26 heavy (non-hydrogen) atoms. The normalized spacial score (nSPS) is 16.3. The Balaban J connectivity index is 2.07. The maximum absolute atomic E-state index is 13.7. The first-order chi connectivity index (χ1) is 12.2. The van der Waals surface area contributed by atoms with Crippen LogP contribution in [0.2, 0.25) is 0 Å². The molecule has 0 saturated carbocycles. The van der Waals surface area contributed by atoms with E-state index < -0.39 is 27.5 Å². The van der Waals surface area contributed by atoms with E-state index in [9.17, 15) is 22.7 Å². The van der Waals surface area contributed by atoms with Gasteiger partial charge in [0.2, 0.25) is 0 Å². The van der Waals surface area contributed by atoms with Crippen molar-refractivity contribution >= 4 is 33.0 Å². The predicted molar refractivity (Wildman–Crippen MR) is 98.6 cm³/mol. The van der Waals surface area contributed by atoms with Gasteiger partial charge in [0.15, 0.2) is 9.84 Å². The van der Waals surface area contributed by atoms with Crippen LogP contribution in [0.25, 0.3) is 17.2 Å². The Labute approximate surface area is 151 Å². The van der Waals surface area contributed by atoms with Crippen LogP contribution in [0.15, 0.2) is 53.4 Å². The van der Waals surface area contributed by atoms with Gasteiger partial charge in [-0.1, -0.05) is 18.2 Å². The quantitative estimate of drug-likeness (QED) is 0.884. The Morgan fingerprint density at radius 2 is 1.77 bits per heavy atom. The minimum absolute atomic E-state index is 0.226. The first-order valence-corrected chi connectivity index (χ1v) is 9.82. The largest absolute Gasteiger partial charge is 0.481 e. The predicted octanol–water partition coefficient (Wildman–Crippen LogP) is 3.89. The highest BCUT2D eigenvalue weighted by Crippen LogP contribution is 2.40. The molecule has 1 aliphatic carbocycles. The summed E-state index contributed by atoms with van der Waals surface area (Å²) in [7, 11) is -3.27. The molecule has 0 saturated heterocycles. The van der Waals surface area contributed by atoms with Gasteiger partial charge in [-0.05, 0) is 71.2 Å². The van der Waals surface area contributed by atoms with Crippen molar-refractivity contribution in [3.05, 3.63) is 71.0 Å². The van der Waals surface area contributed by atoms with E-state index in [-0.39, 0.29) is 4.90 Å². The van der Waals surface area contributed by atoms with Crippen molar-refractivity contribution in [3.8, 4) is 0 Å². The third-order valence-electron chi connectivity index (χ3n) is 4.38. The van der Waals surface area contributed by atoms with Gasteiger partial charge in [0.05, 0.1) is 10.8 Å². The SMILES string of the molecule is CC(C(=O)O)C1=CC(=Cc2ccc(S(C)(=O)=O)cc2)c2ccc(F)cc21. The van der Waals surface area contributed by atoms with Crippen LogP contribution in [0.1, 0.15) is 23.6 Å². The van der Waals surface area contributed by atoms with Gasteiger partial charge in [0.25, 0.3) is 0 Å². The number of benzene rings is 2. The molecule has 0 bridgehead atoms. The molecular formula is C20H17FO4S. The maximum atomic E-state index is 13.7. The summed E-state index contributed by atoms with van der Waals surface area (Å²) in [4.78, 5) is 11.6. The molecule has 2 aromatic rings. The topological polar surface area (TPSA) is 71.4 Å². The fourth-order valence-corrected chi connectivity index (χ4v) is 3.56. The molecule has 1 aliphatic rings. The van der Waals surface area contributed by atoms with E-state index in [1.54, 1.807) is 31.2 Å². The summed E-state index contributed by atoms with van der Waals surface area (Å²) in [5.74, 6) is -2.18. The average Bonchev–Trinajstić information content (AvgIpc) is 2.91. The van der Waals surface area contributed by atoms with E-state index in [1.165, 1.54) is 24.3 Å². The summed E-state index contributed by atoms with van der Waals surface area (Å²) in [6, 6.07) is 10.7. The zero-order chi connectivity index (χ0) is 19.1. The summed E-state index contributed by atoms with van der Waals surface area (Å²) in [5.41, 5.74) is 3.39. The molecule has 2 aromatic carbocycles. The fraction of sp³-hybridized carbons (Fsp3) is 0.150. The van der Waals surface area contributed by atoms with Crippen LogP contribution in [0.3, 0.4) is 0 Å². The lowest BCUT2D eigenvalue weighted by Gasteiger charge is -2.09. The molecule has 134 valence electrons. The van der Waals surface area contributed by atoms with Gasteiger partial charge in [-0.2, -0.15) is 0 Å². The molecular weight excluding hydrogens is 355 g/mol. The molecule has 1 N–H and O–H groups in total. The smallest absolute Gasteiger partial charge is 0.310 e. The highest BCUT2D eigenvalue weighted by molar-refractivity contribution is 7.90. The van der Waals surface area contributed by atoms with Crippen LogP contribution >= 0.6 is 0 Å². The molecule has 0 radical (unpaired) electrons. The van der Waals surface area contributed by atoms with Crippen molar-refractivity contribution in [2.45, 2.75) is 11.8 Å². The van der Waals surface area contributed by atoms with Gasteiger partial charge < -0.3 is 5.11 Å². The Bertz CT molecular complexity index is 1050. The van der Waals surface area contributed by atoms with Crippen LogP contribution < -0.4 is 0 Å². The van der Waals surface area contributed by atoms with Crippen LogP contribution in [-0.4, -0.2) is 25.7 Å². The molecule has 0 heterocycles. The summed E-state index contributed by atoms with van der Waals surface area (Å²) in [6.45, 7) is 1.56. The molecule has 0 aliphatic heterocycles. The van der Waals surface area contributed by atoms with Crippen molar-refractivity contribution in [2.24, 2.45) is 5.92 Å². The summed E-state index contributed by atoms with van der Waals surface area (Å²) >= 11 is 0. The summed E-state index contributed by atoms with van der Waals surface area (Å²) in [5, 5.41) is 9.31. The van der Waals surface area contributed by atoms with Crippen molar-refractivity contribution < 1.29 is 22.7 Å². The number of rotatable bonds is 4. The zero-order valence-corrected chi connectivity index (χ0v) is 15.0. The number of fused-ring (bicyclic) bond motifs is 1. The highest BCUT2D eigenvalue weighted by atomic mass is 32.2. The number of carbonyl (C=O) groups is 1. The average molecular weight is 372 g/mol. The standard InChI is InChI=1S/C20H17FO4S/c1-12(20(22)23)18-10-14(17-8-5-15(21)11-19(17)18)9-13-3-6-16(7-4-13)26(2,24)25/h3-12H,1-2H3,(H,22,23). The zero-order valence-electron chi connectivity index (χ0n) is 14.2. The lowest BCUT2D eigenvalue weighted by Crippen LogP contribution is -2.10. The third-order valence-corrected chi connectivity index (χ3v) is 5.51. The van der Waals surface area contributed by atoms with E-state index in [1.807, 2.05) is 6.08 Å². The molecule has 1 atom stereocenters. The number of halogens is 1. The minimum atomic E-state index is -3.27. The highest BCUT2D eigenvalue weighted by Gasteiger charge is 2.26. The number of allylic oxidation sites excluding steroid dienone is 2. The molecule has 6 heteroatoms. The molecule has 0 amide bonds. The Kier molecular flexibility index (Phi) is 4.54. The van der Waals surface area contributed by atoms with Gasteiger partial charge in [-0.15, -0.1) is 0 Å². The van der Waals surface area contributed by atoms with Gasteiger partial charge in [0, 0.05) is 6.26 Å². The van der Waals surface area contributed by atoms with Gasteiger partial charge in [-0.3, -0.25) is 4.79 Å². The molecule has 0 aromatic heterocycles. The molecule has 3 rings (SSSR count). The molecule has 4 nitrogen and oxygen atoms in total. The lowest BCUT2D eigenvalue weighted by atomic mass is 9.95. The van der Waals surface area contributed by atoms with Crippen molar-refractivity contribution in [1.82, 2.24) is 0 Å².